The van der Waals surface area contributed by atoms with Crippen LogP contribution in [0.1, 0.15) is 130 Å². The topological polar surface area (TPSA) is 127 Å². The number of esters is 1. The summed E-state index contributed by atoms with van der Waals surface area (Å²) < 4.78 is 32.4. The smallest absolute Gasteiger partial charge is 0.338 e. The number of aliphatic hydroxyl groups excluding tert-OH is 3. The maximum atomic E-state index is 13.2. The Balaban J connectivity index is 1.35. The molecule has 4 aromatic carbocycles. The normalized spacial score (nSPS) is 21.2. The Bertz CT molecular complexity index is 1840. The molecule has 1 saturated heterocycles. The zero-order chi connectivity index (χ0) is 46.1. The number of methoxy groups -OCH3 is 1. The van der Waals surface area contributed by atoms with Crippen LogP contribution in [0.5, 0.6) is 0 Å². The van der Waals surface area contributed by atoms with Crippen LogP contribution in [0.4, 0.5) is 0 Å². The fourth-order valence-electron chi connectivity index (χ4n) is 9.00. The Morgan fingerprint density at radius 2 is 1.17 bits per heavy atom. The van der Waals surface area contributed by atoms with Crippen LogP contribution in [0.2, 0.25) is 0 Å². The van der Waals surface area contributed by atoms with Gasteiger partial charge >= 0.3 is 5.97 Å². The summed E-state index contributed by atoms with van der Waals surface area (Å²) in [5, 5.41) is 35.9. The molecule has 0 saturated carbocycles. The highest BCUT2D eigenvalue weighted by Gasteiger charge is 2.57. The second kappa shape index (κ2) is 28.9. The van der Waals surface area contributed by atoms with Gasteiger partial charge in [0, 0.05) is 26.1 Å². The van der Waals surface area contributed by atoms with Crippen molar-refractivity contribution < 1.29 is 43.8 Å². The maximum absolute atomic E-state index is 13.2. The number of carbonyl (C=O) groups is 1. The molecule has 356 valence electrons. The summed E-state index contributed by atoms with van der Waals surface area (Å²) in [6.07, 6.45) is 9.25. The number of carbonyl (C=O) groups excluding carboxylic acids is 1. The van der Waals surface area contributed by atoms with Crippen molar-refractivity contribution in [1.29, 1.82) is 0 Å². The number of likely N-dealkylation sites (N-methyl/N-ethyl adjacent to an activating group) is 1. The average molecular weight is 896 g/mol. The quantitative estimate of drug-likeness (QED) is 0.0332. The van der Waals surface area contributed by atoms with Gasteiger partial charge in [0.05, 0.1) is 31.0 Å². The van der Waals surface area contributed by atoms with E-state index in [1.807, 2.05) is 92.0 Å². The van der Waals surface area contributed by atoms with E-state index in [4.69, 9.17) is 23.7 Å². The van der Waals surface area contributed by atoms with Gasteiger partial charge in [0.15, 0.2) is 5.79 Å². The highest BCUT2D eigenvalue weighted by atomic mass is 16.7. The number of hydrogen-bond donors (Lipinski definition) is 3. The first-order valence-corrected chi connectivity index (χ1v) is 24.3. The van der Waals surface area contributed by atoms with E-state index in [-0.39, 0.29) is 26.2 Å². The Morgan fingerprint density at radius 1 is 0.677 bits per heavy atom. The van der Waals surface area contributed by atoms with Gasteiger partial charge in [-0.05, 0) is 48.7 Å². The molecule has 0 amide bonds. The molecule has 2 unspecified atom stereocenters. The molecule has 65 heavy (non-hydrogen) atoms. The molecule has 0 radical (unpaired) electrons. The fraction of sp³-hybridized carbons (Fsp3) is 0.545. The van der Waals surface area contributed by atoms with E-state index < -0.39 is 54.4 Å². The summed E-state index contributed by atoms with van der Waals surface area (Å²) >= 11 is 0. The first-order valence-electron chi connectivity index (χ1n) is 24.3. The third-order valence-corrected chi connectivity index (χ3v) is 12.9. The molecule has 1 heterocycles. The summed E-state index contributed by atoms with van der Waals surface area (Å²) in [7, 11) is 3.50. The van der Waals surface area contributed by atoms with Gasteiger partial charge in [-0.15, -0.1) is 0 Å². The summed E-state index contributed by atoms with van der Waals surface area (Å²) in [4.78, 5) is 15.3. The van der Waals surface area contributed by atoms with Crippen LogP contribution < -0.4 is 0 Å². The van der Waals surface area contributed by atoms with E-state index in [1.54, 1.807) is 31.4 Å². The molecule has 1 aliphatic rings. The summed E-state index contributed by atoms with van der Waals surface area (Å²) in [5.41, 5.74) is 3.25. The van der Waals surface area contributed by atoms with Crippen LogP contribution in [-0.2, 0) is 43.4 Å². The Hall–Kier alpha value is -3.97. The van der Waals surface area contributed by atoms with Crippen molar-refractivity contribution in [2.75, 3.05) is 20.8 Å². The largest absolute Gasteiger partial charge is 0.459 e. The lowest BCUT2D eigenvalue weighted by Crippen LogP contribution is -2.67. The highest BCUT2D eigenvalue weighted by Crippen LogP contribution is 2.40. The minimum Gasteiger partial charge on any atom is -0.459 e. The van der Waals surface area contributed by atoms with E-state index in [0.29, 0.717) is 24.9 Å². The van der Waals surface area contributed by atoms with Crippen LogP contribution in [0.25, 0.3) is 0 Å². The monoisotopic (exact) mass is 896 g/mol. The van der Waals surface area contributed by atoms with E-state index in [2.05, 4.69) is 24.0 Å². The van der Waals surface area contributed by atoms with Crippen molar-refractivity contribution in [3.8, 4) is 0 Å². The Labute approximate surface area is 389 Å². The number of benzene rings is 4. The standard InChI is InChI=1S/C55H77NO9/c1-4-5-6-7-8-9-10-11-12-13-14-27-36-48(57)50(58)47(56(2)39-43-28-19-15-20-29-43)37-38-55(61-3)53(63-41-45-32-23-17-24-33-45)52(62-40-44-30-21-16-22-31-44)51(59)49(65-55)42-64-54(60)46-34-25-18-26-35-46/h15-26,28-35,47-53,57-59H,4-14,27,36-42H2,1-3H3/t47-,48+,49?,50-,51-,52-,53?,55-/m0/s1. The van der Waals surface area contributed by atoms with Crippen molar-refractivity contribution in [2.24, 2.45) is 0 Å². The fourth-order valence-corrected chi connectivity index (χ4v) is 9.00. The zero-order valence-electron chi connectivity index (χ0n) is 39.3. The number of aliphatic hydroxyl groups is 3. The molecule has 0 aromatic heterocycles. The number of ether oxygens (including phenoxy) is 5. The van der Waals surface area contributed by atoms with E-state index in [0.717, 1.165) is 36.0 Å². The lowest BCUT2D eigenvalue weighted by molar-refractivity contribution is -0.374. The summed E-state index contributed by atoms with van der Waals surface area (Å²) in [6, 6.07) is 37.6. The lowest BCUT2D eigenvalue weighted by Gasteiger charge is -2.51. The van der Waals surface area contributed by atoms with Crippen molar-refractivity contribution in [1.82, 2.24) is 4.90 Å². The van der Waals surface area contributed by atoms with Gasteiger partial charge in [-0.2, -0.15) is 0 Å². The molecule has 8 atom stereocenters. The molecular formula is C55H77NO9. The molecule has 10 heteroatoms. The SMILES string of the molecule is CCCCCCCCCCCCCC[C@@H](O)[C@@H](O)[C@H](CC[C@]1(OC)OC(COC(=O)c2ccccc2)[C@H](O)[C@H](OCc2ccccc2)C1OCc1ccccc1)N(C)Cc1ccccc1. The Kier molecular flexibility index (Phi) is 23.1. The van der Waals surface area contributed by atoms with Crippen LogP contribution in [0, 0.1) is 0 Å². The molecule has 0 bridgehead atoms. The molecule has 0 spiro atoms. The second-order valence-electron chi connectivity index (χ2n) is 17.8. The molecule has 1 aliphatic heterocycles. The minimum atomic E-state index is -1.55. The number of rotatable bonds is 31. The molecular weight excluding hydrogens is 819 g/mol. The van der Waals surface area contributed by atoms with Crippen LogP contribution in [0.15, 0.2) is 121 Å². The molecule has 1 fully saturated rings. The van der Waals surface area contributed by atoms with Crippen LogP contribution in [-0.4, -0.2) is 95.4 Å². The van der Waals surface area contributed by atoms with Gasteiger partial charge in [0.25, 0.3) is 0 Å². The van der Waals surface area contributed by atoms with Crippen molar-refractivity contribution in [3.05, 3.63) is 144 Å². The maximum Gasteiger partial charge on any atom is 0.338 e. The minimum absolute atomic E-state index is 0.163. The molecule has 4 aromatic rings. The predicted octanol–water partition coefficient (Wildman–Crippen LogP) is 10.2. The van der Waals surface area contributed by atoms with Crippen LogP contribution >= 0.6 is 0 Å². The zero-order valence-corrected chi connectivity index (χ0v) is 39.3. The van der Waals surface area contributed by atoms with Gasteiger partial charge < -0.3 is 39.0 Å². The number of hydrogen-bond acceptors (Lipinski definition) is 10. The Morgan fingerprint density at radius 3 is 1.71 bits per heavy atom. The molecule has 10 nitrogen and oxygen atoms in total. The third-order valence-electron chi connectivity index (χ3n) is 12.9. The highest BCUT2D eigenvalue weighted by molar-refractivity contribution is 5.89. The second-order valence-corrected chi connectivity index (χ2v) is 17.8. The van der Waals surface area contributed by atoms with E-state index >= 15 is 0 Å². The summed E-state index contributed by atoms with van der Waals surface area (Å²) in [5.74, 6) is -2.10. The van der Waals surface area contributed by atoms with Crippen molar-refractivity contribution in [2.45, 2.75) is 171 Å². The number of nitrogens with zero attached hydrogens (tertiary/aromatic N) is 1. The molecule has 0 aliphatic carbocycles. The number of unbranched alkanes of at least 4 members (excludes halogenated alkanes) is 11. The van der Waals surface area contributed by atoms with E-state index in [9.17, 15) is 20.1 Å². The van der Waals surface area contributed by atoms with Gasteiger partial charge in [-0.25, -0.2) is 4.79 Å². The first-order chi connectivity index (χ1) is 31.7. The van der Waals surface area contributed by atoms with Gasteiger partial charge in [0.2, 0.25) is 0 Å². The molecule has 5 rings (SSSR count). The summed E-state index contributed by atoms with van der Waals surface area (Å²) in [6.45, 7) is 2.83. The van der Waals surface area contributed by atoms with Crippen LogP contribution in [0.3, 0.4) is 0 Å². The molecule has 3 N–H and O–H groups in total. The van der Waals surface area contributed by atoms with Crippen molar-refractivity contribution >= 4 is 5.97 Å². The predicted molar refractivity (Wildman–Crippen MR) is 256 cm³/mol. The average Bonchev–Trinajstić information content (AvgIpc) is 3.34. The lowest BCUT2D eigenvalue weighted by atomic mass is 9.86. The van der Waals surface area contributed by atoms with Crippen molar-refractivity contribution in [3.63, 3.8) is 0 Å². The van der Waals surface area contributed by atoms with Gasteiger partial charge in [-0.1, -0.05) is 193 Å². The van der Waals surface area contributed by atoms with Gasteiger partial charge in [0.1, 0.15) is 31.0 Å². The van der Waals surface area contributed by atoms with E-state index in [1.165, 1.54) is 57.8 Å². The van der Waals surface area contributed by atoms with Gasteiger partial charge in [-0.3, -0.25) is 4.90 Å². The first kappa shape index (κ1) is 52.0. The third kappa shape index (κ3) is 17.0.